The summed E-state index contributed by atoms with van der Waals surface area (Å²) in [6, 6.07) is 15.4. The van der Waals surface area contributed by atoms with Gasteiger partial charge in [-0.15, -0.1) is 11.8 Å². The van der Waals surface area contributed by atoms with E-state index >= 15 is 0 Å². The van der Waals surface area contributed by atoms with Crippen LogP contribution in [0.4, 0.5) is 5.13 Å². The van der Waals surface area contributed by atoms with Crippen molar-refractivity contribution in [2.24, 2.45) is 0 Å². The van der Waals surface area contributed by atoms with E-state index in [1.54, 1.807) is 48.3 Å². The molecule has 2 heterocycles. The Morgan fingerprint density at radius 1 is 1.10 bits per heavy atom. The first kappa shape index (κ1) is 21.6. The number of nitrogens with zero attached hydrogens (tertiary/aromatic N) is 3. The van der Waals surface area contributed by atoms with Crippen molar-refractivity contribution in [1.29, 1.82) is 0 Å². The number of halogens is 1. The highest BCUT2D eigenvalue weighted by molar-refractivity contribution is 7.98. The second-order valence-corrected chi connectivity index (χ2v) is 9.05. The van der Waals surface area contributed by atoms with Gasteiger partial charge in [-0.2, -0.15) is 0 Å². The molecule has 0 bridgehead atoms. The summed E-state index contributed by atoms with van der Waals surface area (Å²) in [6.07, 6.45) is 5.75. The minimum Gasteiger partial charge on any atom is -0.494 e. The van der Waals surface area contributed by atoms with Gasteiger partial charge < -0.3 is 4.74 Å². The lowest BCUT2D eigenvalue weighted by atomic mass is 10.1. The predicted molar refractivity (Wildman–Crippen MR) is 129 cm³/mol. The van der Waals surface area contributed by atoms with Gasteiger partial charge in [-0.1, -0.05) is 35.1 Å². The minimum absolute atomic E-state index is 0.0390. The minimum atomic E-state index is -0.0390. The molecule has 0 spiro atoms. The lowest BCUT2D eigenvalue weighted by Crippen LogP contribution is -2.31. The van der Waals surface area contributed by atoms with Crippen LogP contribution in [0.2, 0.25) is 5.02 Å². The van der Waals surface area contributed by atoms with Gasteiger partial charge in [0.2, 0.25) is 5.91 Å². The van der Waals surface area contributed by atoms with Gasteiger partial charge in [0.15, 0.2) is 5.13 Å². The van der Waals surface area contributed by atoms with Crippen molar-refractivity contribution in [3.05, 3.63) is 77.1 Å². The SMILES string of the molecule is COc1ccc(Cl)c2sc(N(Cc3ccncc3)C(=O)Cc3ccc(SC)cc3)nc12. The second kappa shape index (κ2) is 9.68. The van der Waals surface area contributed by atoms with Crippen LogP contribution < -0.4 is 9.64 Å². The number of anilines is 1. The van der Waals surface area contributed by atoms with E-state index in [1.807, 2.05) is 42.7 Å². The average Bonchev–Trinajstić information content (AvgIpc) is 3.25. The monoisotopic (exact) mass is 469 g/mol. The van der Waals surface area contributed by atoms with Crippen LogP contribution in [0, 0.1) is 0 Å². The third-order valence-corrected chi connectivity index (χ3v) is 7.09. The number of hydrogen-bond donors (Lipinski definition) is 0. The summed E-state index contributed by atoms with van der Waals surface area (Å²) in [4.78, 5) is 25.1. The maximum atomic E-state index is 13.4. The van der Waals surface area contributed by atoms with E-state index in [0.29, 0.717) is 28.0 Å². The molecule has 31 heavy (non-hydrogen) atoms. The maximum Gasteiger partial charge on any atom is 0.233 e. The molecule has 4 rings (SSSR count). The Bertz CT molecular complexity index is 1200. The molecule has 158 valence electrons. The fourth-order valence-corrected chi connectivity index (χ4v) is 4.85. The number of thioether (sulfide) groups is 1. The number of amides is 1. The van der Waals surface area contributed by atoms with Crippen LogP contribution in [0.15, 0.2) is 65.8 Å². The summed E-state index contributed by atoms with van der Waals surface area (Å²) in [6.45, 7) is 0.393. The number of pyridine rings is 1. The van der Waals surface area contributed by atoms with Crippen LogP contribution in [0.5, 0.6) is 5.75 Å². The summed E-state index contributed by atoms with van der Waals surface area (Å²) in [5, 5.41) is 1.17. The highest BCUT2D eigenvalue weighted by Gasteiger charge is 2.22. The standard InChI is InChI=1S/C23H20ClN3O2S2/c1-29-19-8-7-18(24)22-21(19)26-23(31-22)27(14-16-9-11-25-12-10-16)20(28)13-15-3-5-17(30-2)6-4-15/h3-12H,13-14H2,1-2H3. The molecule has 0 aliphatic carbocycles. The summed E-state index contributed by atoms with van der Waals surface area (Å²) in [5.74, 6) is 0.591. The predicted octanol–water partition coefficient (Wildman–Crippen LogP) is 5.85. The van der Waals surface area contributed by atoms with E-state index < -0.39 is 0 Å². The normalized spacial score (nSPS) is 10.9. The first-order chi connectivity index (χ1) is 15.1. The molecule has 0 aliphatic heterocycles. The van der Waals surface area contributed by atoms with Crippen LogP contribution in [-0.4, -0.2) is 29.2 Å². The maximum absolute atomic E-state index is 13.4. The number of ether oxygens (including phenoxy) is 1. The molecule has 1 amide bonds. The second-order valence-electron chi connectivity index (χ2n) is 6.78. The van der Waals surface area contributed by atoms with Gasteiger partial charge in [0, 0.05) is 17.3 Å². The third-order valence-electron chi connectivity index (χ3n) is 4.80. The molecule has 8 heteroatoms. The van der Waals surface area contributed by atoms with Gasteiger partial charge in [0.25, 0.3) is 0 Å². The van der Waals surface area contributed by atoms with Crippen LogP contribution in [0.25, 0.3) is 10.2 Å². The number of thiazole rings is 1. The highest BCUT2D eigenvalue weighted by Crippen LogP contribution is 2.39. The average molecular weight is 470 g/mol. The largest absolute Gasteiger partial charge is 0.494 e. The first-order valence-corrected chi connectivity index (χ1v) is 12.0. The van der Waals surface area contributed by atoms with Crippen molar-refractivity contribution in [2.75, 3.05) is 18.3 Å². The summed E-state index contributed by atoms with van der Waals surface area (Å²) < 4.78 is 6.24. The molecular weight excluding hydrogens is 450 g/mol. The Morgan fingerprint density at radius 2 is 1.84 bits per heavy atom. The molecule has 5 nitrogen and oxygen atoms in total. The van der Waals surface area contributed by atoms with E-state index in [1.165, 1.54) is 11.3 Å². The quantitative estimate of drug-likeness (QED) is 0.318. The third kappa shape index (κ3) is 4.84. The number of methoxy groups -OCH3 is 1. The van der Waals surface area contributed by atoms with Gasteiger partial charge in [-0.05, 0) is 53.8 Å². The molecule has 2 aromatic carbocycles. The van der Waals surface area contributed by atoms with E-state index in [9.17, 15) is 4.79 Å². The van der Waals surface area contributed by atoms with Crippen LogP contribution >= 0.6 is 34.7 Å². The Balaban J connectivity index is 1.71. The highest BCUT2D eigenvalue weighted by atomic mass is 35.5. The summed E-state index contributed by atoms with van der Waals surface area (Å²) in [5.41, 5.74) is 2.59. The number of carbonyl (C=O) groups excluding carboxylic acids is 1. The van der Waals surface area contributed by atoms with E-state index in [0.717, 1.165) is 20.7 Å². The zero-order chi connectivity index (χ0) is 21.8. The van der Waals surface area contributed by atoms with Crippen molar-refractivity contribution in [1.82, 2.24) is 9.97 Å². The Morgan fingerprint density at radius 3 is 2.52 bits per heavy atom. The molecule has 0 saturated carbocycles. The molecule has 0 N–H and O–H groups in total. The zero-order valence-electron chi connectivity index (χ0n) is 17.0. The van der Waals surface area contributed by atoms with Crippen molar-refractivity contribution in [3.8, 4) is 5.75 Å². The number of fused-ring (bicyclic) bond motifs is 1. The summed E-state index contributed by atoms with van der Waals surface area (Å²) >= 11 is 9.47. The molecule has 0 atom stereocenters. The molecule has 4 aromatic rings. The molecule has 0 radical (unpaired) electrons. The van der Waals surface area contributed by atoms with Crippen LogP contribution in [0.3, 0.4) is 0 Å². The Labute approximate surface area is 194 Å². The van der Waals surface area contributed by atoms with Gasteiger partial charge in [-0.25, -0.2) is 4.98 Å². The molecule has 0 unspecified atom stereocenters. The molecule has 0 saturated heterocycles. The lowest BCUT2D eigenvalue weighted by molar-refractivity contribution is -0.118. The van der Waals surface area contributed by atoms with Crippen molar-refractivity contribution in [3.63, 3.8) is 0 Å². The zero-order valence-corrected chi connectivity index (χ0v) is 19.4. The number of aromatic nitrogens is 2. The van der Waals surface area contributed by atoms with Crippen molar-refractivity contribution in [2.45, 2.75) is 17.9 Å². The smallest absolute Gasteiger partial charge is 0.233 e. The van der Waals surface area contributed by atoms with Gasteiger partial charge in [0.1, 0.15) is 11.3 Å². The molecule has 2 aromatic heterocycles. The topological polar surface area (TPSA) is 55.3 Å². The number of hydrogen-bond acceptors (Lipinski definition) is 6. The summed E-state index contributed by atoms with van der Waals surface area (Å²) in [7, 11) is 1.60. The molecule has 0 fully saturated rings. The van der Waals surface area contributed by atoms with E-state index in [2.05, 4.69) is 4.98 Å². The van der Waals surface area contributed by atoms with Crippen molar-refractivity contribution < 1.29 is 9.53 Å². The van der Waals surface area contributed by atoms with E-state index in [4.69, 9.17) is 21.3 Å². The molecule has 0 aliphatic rings. The van der Waals surface area contributed by atoms with Gasteiger partial charge in [-0.3, -0.25) is 14.7 Å². The lowest BCUT2D eigenvalue weighted by Gasteiger charge is -2.20. The number of carbonyl (C=O) groups is 1. The van der Waals surface area contributed by atoms with Gasteiger partial charge in [0.05, 0.1) is 29.8 Å². The van der Waals surface area contributed by atoms with Crippen LogP contribution in [0.1, 0.15) is 11.1 Å². The van der Waals surface area contributed by atoms with E-state index in [-0.39, 0.29) is 12.3 Å². The fraction of sp³-hybridized carbons (Fsp3) is 0.174. The van der Waals surface area contributed by atoms with Crippen LogP contribution in [-0.2, 0) is 17.8 Å². The van der Waals surface area contributed by atoms with Crippen molar-refractivity contribution >= 4 is 56.0 Å². The fourth-order valence-electron chi connectivity index (χ4n) is 3.17. The van der Waals surface area contributed by atoms with Gasteiger partial charge >= 0.3 is 0 Å². The Hall–Kier alpha value is -2.61. The molecular formula is C23H20ClN3O2S2. The Kier molecular flexibility index (Phi) is 6.75. The number of benzene rings is 2. The number of rotatable bonds is 7. The first-order valence-electron chi connectivity index (χ1n) is 9.54.